The number of carbonyl (C=O) groups excluding carboxylic acids is 2. The summed E-state index contributed by atoms with van der Waals surface area (Å²) in [5, 5.41) is 0. The van der Waals surface area contributed by atoms with Crippen molar-refractivity contribution in [2.75, 3.05) is 13.7 Å². The maximum absolute atomic E-state index is 13.6. The summed E-state index contributed by atoms with van der Waals surface area (Å²) in [6.45, 7) is 1.36. The van der Waals surface area contributed by atoms with E-state index in [2.05, 4.69) is 9.47 Å². The molecule has 1 aromatic rings. The second kappa shape index (κ2) is 6.20. The van der Waals surface area contributed by atoms with E-state index in [4.69, 9.17) is 0 Å². The summed E-state index contributed by atoms with van der Waals surface area (Å²) >= 11 is 0. The van der Waals surface area contributed by atoms with Crippen LogP contribution in [0.3, 0.4) is 0 Å². The molecule has 0 radical (unpaired) electrons. The van der Waals surface area contributed by atoms with E-state index in [-0.39, 0.29) is 18.8 Å². The molecule has 0 unspecified atom stereocenters. The molecule has 98 valence electrons. The summed E-state index contributed by atoms with van der Waals surface area (Å²) in [5.74, 6) is -5.00. The molecule has 0 atom stereocenters. The first kappa shape index (κ1) is 14.2. The zero-order chi connectivity index (χ0) is 13.7. The largest absolute Gasteiger partial charge is 0.460 e. The van der Waals surface area contributed by atoms with Crippen LogP contribution in [0.4, 0.5) is 8.78 Å². The minimum absolute atomic E-state index is 0.0174. The smallest absolute Gasteiger partial charge is 0.379 e. The normalized spacial score (nSPS) is 10.2. The third-order valence-electron chi connectivity index (χ3n) is 2.17. The summed E-state index contributed by atoms with van der Waals surface area (Å²) in [6, 6.07) is 2.22. The minimum Gasteiger partial charge on any atom is -0.460 e. The van der Waals surface area contributed by atoms with E-state index in [1.54, 1.807) is 0 Å². The van der Waals surface area contributed by atoms with Gasteiger partial charge in [-0.25, -0.2) is 13.6 Å². The first-order chi connectivity index (χ1) is 8.52. The average Bonchev–Trinajstić information content (AvgIpc) is 2.35. The molecule has 0 aliphatic carbocycles. The number of Topliss-reactive ketones (excluding diaryl/α,β-unsaturated/α-hetero) is 1. The van der Waals surface area contributed by atoms with Crippen molar-refractivity contribution in [3.8, 4) is 0 Å². The number of benzene rings is 1. The number of methoxy groups -OCH3 is 1. The van der Waals surface area contributed by atoms with Crippen LogP contribution in [0.1, 0.15) is 22.8 Å². The van der Waals surface area contributed by atoms with Crippen molar-refractivity contribution in [2.45, 2.75) is 13.5 Å². The number of esters is 1. The second-order valence-corrected chi connectivity index (χ2v) is 3.38. The van der Waals surface area contributed by atoms with Crippen LogP contribution in [0.15, 0.2) is 12.1 Å². The van der Waals surface area contributed by atoms with E-state index >= 15 is 0 Å². The Kier molecular flexibility index (Phi) is 4.91. The van der Waals surface area contributed by atoms with Gasteiger partial charge < -0.3 is 9.47 Å². The topological polar surface area (TPSA) is 52.6 Å². The van der Waals surface area contributed by atoms with E-state index < -0.39 is 29.0 Å². The highest BCUT2D eigenvalue weighted by atomic mass is 19.2. The molecule has 4 nitrogen and oxygen atoms in total. The predicted octanol–water partition coefficient (Wildman–Crippen LogP) is 1.86. The van der Waals surface area contributed by atoms with Crippen molar-refractivity contribution in [1.82, 2.24) is 0 Å². The van der Waals surface area contributed by atoms with E-state index in [1.807, 2.05) is 0 Å². The van der Waals surface area contributed by atoms with Crippen LogP contribution in [-0.4, -0.2) is 25.5 Å². The number of ether oxygens (including phenoxy) is 2. The highest BCUT2D eigenvalue weighted by Gasteiger charge is 2.24. The van der Waals surface area contributed by atoms with Crippen LogP contribution >= 0.6 is 0 Å². The molecule has 0 N–H and O–H groups in total. The Labute approximate surface area is 103 Å². The Balaban J connectivity index is 3.08. The van der Waals surface area contributed by atoms with Gasteiger partial charge in [0.25, 0.3) is 5.78 Å². The molecular formula is C12H12F2O4. The van der Waals surface area contributed by atoms with Gasteiger partial charge in [-0.3, -0.25) is 4.79 Å². The molecule has 0 amide bonds. The molecule has 1 rings (SSSR count). The van der Waals surface area contributed by atoms with Gasteiger partial charge in [0.15, 0.2) is 11.6 Å². The molecule has 1 aromatic carbocycles. The number of rotatable bonds is 5. The van der Waals surface area contributed by atoms with Crippen molar-refractivity contribution >= 4 is 11.8 Å². The highest BCUT2D eigenvalue weighted by molar-refractivity contribution is 6.40. The SMILES string of the molecule is CCOC(=O)C(=O)c1ccc(COC)c(F)c1F. The number of carbonyl (C=O) groups is 2. The number of hydrogen-bond donors (Lipinski definition) is 0. The van der Waals surface area contributed by atoms with Crippen LogP contribution in [0.5, 0.6) is 0 Å². The van der Waals surface area contributed by atoms with Gasteiger partial charge in [-0.15, -0.1) is 0 Å². The average molecular weight is 258 g/mol. The van der Waals surface area contributed by atoms with Crippen molar-refractivity contribution in [3.63, 3.8) is 0 Å². The maximum atomic E-state index is 13.6. The molecule has 0 fully saturated rings. The fourth-order valence-corrected chi connectivity index (χ4v) is 1.34. The lowest BCUT2D eigenvalue weighted by Gasteiger charge is -2.06. The highest BCUT2D eigenvalue weighted by Crippen LogP contribution is 2.18. The van der Waals surface area contributed by atoms with E-state index in [1.165, 1.54) is 20.1 Å². The Hall–Kier alpha value is -1.82. The molecule has 0 aliphatic rings. The predicted molar refractivity (Wildman–Crippen MR) is 58.0 cm³/mol. The van der Waals surface area contributed by atoms with Gasteiger partial charge in [0.1, 0.15) is 0 Å². The molecule has 0 saturated heterocycles. The zero-order valence-corrected chi connectivity index (χ0v) is 9.96. The Morgan fingerprint density at radius 2 is 1.89 bits per heavy atom. The van der Waals surface area contributed by atoms with Gasteiger partial charge in [0.2, 0.25) is 0 Å². The zero-order valence-electron chi connectivity index (χ0n) is 9.96. The van der Waals surface area contributed by atoms with Gasteiger partial charge in [0, 0.05) is 12.7 Å². The summed E-state index contributed by atoms with van der Waals surface area (Å²) in [6.07, 6.45) is 0. The van der Waals surface area contributed by atoms with Crippen LogP contribution in [-0.2, 0) is 20.9 Å². The summed E-state index contributed by atoms with van der Waals surface area (Å²) in [7, 11) is 1.33. The first-order valence-corrected chi connectivity index (χ1v) is 5.20. The fraction of sp³-hybridized carbons (Fsp3) is 0.333. The summed E-state index contributed by atoms with van der Waals surface area (Å²) in [5.41, 5.74) is -0.679. The van der Waals surface area contributed by atoms with Gasteiger partial charge in [-0.2, -0.15) is 0 Å². The Morgan fingerprint density at radius 1 is 1.22 bits per heavy atom. The van der Waals surface area contributed by atoms with Crippen LogP contribution in [0, 0.1) is 11.6 Å². The van der Waals surface area contributed by atoms with Gasteiger partial charge >= 0.3 is 5.97 Å². The van der Waals surface area contributed by atoms with E-state index in [9.17, 15) is 18.4 Å². The number of halogens is 2. The minimum atomic E-state index is -1.37. The molecule has 0 heterocycles. The molecule has 0 spiro atoms. The van der Waals surface area contributed by atoms with Gasteiger partial charge in [-0.05, 0) is 13.0 Å². The van der Waals surface area contributed by atoms with Crippen molar-refractivity contribution < 1.29 is 27.8 Å². The third kappa shape index (κ3) is 2.89. The van der Waals surface area contributed by atoms with Crippen LogP contribution < -0.4 is 0 Å². The standard InChI is InChI=1S/C12H12F2O4/c1-3-18-12(16)11(15)8-5-4-7(6-17-2)9(13)10(8)14/h4-5H,3,6H2,1-2H3. The molecular weight excluding hydrogens is 246 g/mol. The van der Waals surface area contributed by atoms with Crippen LogP contribution in [0.25, 0.3) is 0 Å². The van der Waals surface area contributed by atoms with E-state index in [0.29, 0.717) is 0 Å². The second-order valence-electron chi connectivity index (χ2n) is 3.38. The Morgan fingerprint density at radius 3 is 2.44 bits per heavy atom. The third-order valence-corrected chi connectivity index (χ3v) is 2.17. The van der Waals surface area contributed by atoms with Crippen molar-refractivity contribution in [2.24, 2.45) is 0 Å². The van der Waals surface area contributed by atoms with Crippen molar-refractivity contribution in [3.05, 3.63) is 34.9 Å². The fourth-order valence-electron chi connectivity index (χ4n) is 1.34. The lowest BCUT2D eigenvalue weighted by atomic mass is 10.1. The molecule has 6 heteroatoms. The van der Waals surface area contributed by atoms with Crippen molar-refractivity contribution in [1.29, 1.82) is 0 Å². The number of ketones is 1. The first-order valence-electron chi connectivity index (χ1n) is 5.20. The molecule has 0 aromatic heterocycles. The lowest BCUT2D eigenvalue weighted by molar-refractivity contribution is -0.137. The maximum Gasteiger partial charge on any atom is 0.379 e. The molecule has 0 aliphatic heterocycles. The molecule has 18 heavy (non-hydrogen) atoms. The van der Waals surface area contributed by atoms with Gasteiger partial charge in [0.05, 0.1) is 18.8 Å². The van der Waals surface area contributed by atoms with Gasteiger partial charge in [-0.1, -0.05) is 6.07 Å². The quantitative estimate of drug-likeness (QED) is 0.459. The number of hydrogen-bond acceptors (Lipinski definition) is 4. The summed E-state index contributed by atoms with van der Waals surface area (Å²) in [4.78, 5) is 22.6. The van der Waals surface area contributed by atoms with E-state index in [0.717, 1.165) is 6.07 Å². The Bertz CT molecular complexity index is 471. The lowest BCUT2D eigenvalue weighted by Crippen LogP contribution is -2.19. The monoisotopic (exact) mass is 258 g/mol. The van der Waals surface area contributed by atoms with Crippen LogP contribution in [0.2, 0.25) is 0 Å². The molecule has 0 bridgehead atoms. The summed E-state index contributed by atoms with van der Waals surface area (Å²) < 4.78 is 36.2. The molecule has 0 saturated carbocycles.